The first-order valence-corrected chi connectivity index (χ1v) is 5.29. The molecule has 0 spiro atoms. The van der Waals surface area contributed by atoms with Gasteiger partial charge in [-0.25, -0.2) is 8.78 Å². The van der Waals surface area contributed by atoms with Crippen LogP contribution in [0.5, 0.6) is 0 Å². The summed E-state index contributed by atoms with van der Waals surface area (Å²) in [5.74, 6) is -2.97. The van der Waals surface area contributed by atoms with Gasteiger partial charge < -0.3 is 11.1 Å². The number of halogens is 3. The summed E-state index contributed by atoms with van der Waals surface area (Å²) in [5, 5.41) is 11.3. The van der Waals surface area contributed by atoms with E-state index in [-0.39, 0.29) is 0 Å². The van der Waals surface area contributed by atoms with E-state index in [0.717, 1.165) is 4.47 Å². The van der Waals surface area contributed by atoms with Crippen molar-refractivity contribution in [1.82, 2.24) is 0 Å². The minimum atomic E-state index is -2.97. The molecule has 0 atom stereocenters. The molecule has 1 aromatic rings. The zero-order valence-corrected chi connectivity index (χ0v) is 9.89. The van der Waals surface area contributed by atoms with Crippen LogP contribution in [0.4, 0.5) is 14.5 Å². The maximum absolute atomic E-state index is 12.9. The van der Waals surface area contributed by atoms with Crippen LogP contribution in [-0.2, 0) is 0 Å². The monoisotopic (exact) mass is 289 g/mol. The second-order valence-electron chi connectivity index (χ2n) is 3.22. The topological polar surface area (TPSA) is 61.8 Å². The molecule has 0 aliphatic heterocycles. The van der Waals surface area contributed by atoms with Gasteiger partial charge in [-0.1, -0.05) is 15.9 Å². The lowest BCUT2D eigenvalue weighted by Gasteiger charge is -2.16. The average molecular weight is 290 g/mol. The molecule has 0 radical (unpaired) electrons. The van der Waals surface area contributed by atoms with Crippen LogP contribution >= 0.6 is 15.9 Å². The van der Waals surface area contributed by atoms with E-state index in [4.69, 9.17) is 11.0 Å². The first kappa shape index (κ1) is 12.9. The van der Waals surface area contributed by atoms with E-state index in [9.17, 15) is 8.78 Å². The first-order valence-electron chi connectivity index (χ1n) is 4.50. The summed E-state index contributed by atoms with van der Waals surface area (Å²) < 4.78 is 26.5. The molecule has 86 valence electrons. The number of nitriles is 1. The van der Waals surface area contributed by atoms with Gasteiger partial charge in [0.2, 0.25) is 0 Å². The second kappa shape index (κ2) is 5.23. The van der Waals surface area contributed by atoms with Crippen LogP contribution in [0.2, 0.25) is 0 Å². The van der Waals surface area contributed by atoms with Gasteiger partial charge in [0, 0.05) is 4.47 Å². The number of nitrogens with two attached hydrogens (primary N) is 1. The van der Waals surface area contributed by atoms with Crippen LogP contribution in [0.3, 0.4) is 0 Å². The Balaban J connectivity index is 2.79. The average Bonchev–Trinajstić information content (AvgIpc) is 2.27. The van der Waals surface area contributed by atoms with Gasteiger partial charge in [0.1, 0.15) is 6.07 Å². The highest BCUT2D eigenvalue weighted by Gasteiger charge is 2.26. The maximum atomic E-state index is 12.9. The molecule has 3 N–H and O–H groups in total. The fraction of sp³-hybridized carbons (Fsp3) is 0.300. The van der Waals surface area contributed by atoms with Crippen molar-refractivity contribution < 1.29 is 8.78 Å². The van der Waals surface area contributed by atoms with Gasteiger partial charge in [0.25, 0.3) is 5.92 Å². The number of anilines is 1. The van der Waals surface area contributed by atoms with Gasteiger partial charge >= 0.3 is 0 Å². The molecule has 1 rings (SSSR count). The summed E-state index contributed by atoms with van der Waals surface area (Å²) >= 11 is 3.19. The molecule has 16 heavy (non-hydrogen) atoms. The summed E-state index contributed by atoms with van der Waals surface area (Å²) in [6, 6.07) is 6.72. The number of benzene rings is 1. The Morgan fingerprint density at radius 2 is 2.19 bits per heavy atom. The van der Waals surface area contributed by atoms with E-state index in [1.54, 1.807) is 18.2 Å². The van der Waals surface area contributed by atoms with Gasteiger partial charge in [0.05, 0.1) is 24.3 Å². The predicted octanol–water partition coefficient (Wildman–Crippen LogP) is 2.33. The Labute approximate surface area is 100 Å². The number of hydrogen-bond donors (Lipinski definition) is 2. The molecule has 0 aliphatic rings. The third kappa shape index (κ3) is 3.43. The van der Waals surface area contributed by atoms with E-state index < -0.39 is 19.0 Å². The lowest BCUT2D eigenvalue weighted by Crippen LogP contribution is -2.35. The highest BCUT2D eigenvalue weighted by atomic mass is 79.9. The number of nitrogens with zero attached hydrogens (tertiary/aromatic N) is 1. The Kier molecular flexibility index (Phi) is 4.21. The lowest BCUT2D eigenvalue weighted by molar-refractivity contribution is 0.0254. The summed E-state index contributed by atoms with van der Waals surface area (Å²) in [6.45, 7) is -1.31. The standard InChI is InChI=1S/C10H10BrF2N3/c11-8-1-2-9(7(3-8)4-14)16-6-10(12,13)5-15/h1-3,16H,5-6,15H2. The predicted molar refractivity (Wildman–Crippen MR) is 61.3 cm³/mol. The van der Waals surface area contributed by atoms with Crippen LogP contribution in [0.25, 0.3) is 0 Å². The molecular formula is C10H10BrF2N3. The molecule has 0 bridgehead atoms. The quantitative estimate of drug-likeness (QED) is 0.894. The van der Waals surface area contributed by atoms with E-state index in [2.05, 4.69) is 21.2 Å². The largest absolute Gasteiger partial charge is 0.378 e. The number of rotatable bonds is 4. The van der Waals surface area contributed by atoms with Gasteiger partial charge in [0.15, 0.2) is 0 Å². The van der Waals surface area contributed by atoms with Crippen molar-refractivity contribution in [1.29, 1.82) is 5.26 Å². The molecule has 0 fully saturated rings. The smallest absolute Gasteiger partial charge is 0.276 e. The second-order valence-corrected chi connectivity index (χ2v) is 4.13. The molecule has 3 nitrogen and oxygen atoms in total. The third-order valence-electron chi connectivity index (χ3n) is 1.94. The van der Waals surface area contributed by atoms with Crippen molar-refractivity contribution in [2.75, 3.05) is 18.4 Å². The zero-order chi connectivity index (χ0) is 12.2. The summed E-state index contributed by atoms with van der Waals surface area (Å²) in [7, 11) is 0. The molecule has 0 saturated heterocycles. The van der Waals surface area contributed by atoms with Crippen LogP contribution < -0.4 is 11.1 Å². The molecule has 1 aromatic carbocycles. The van der Waals surface area contributed by atoms with Crippen molar-refractivity contribution in [2.24, 2.45) is 5.73 Å². The normalized spacial score (nSPS) is 10.9. The molecule has 0 aromatic heterocycles. The molecule has 0 heterocycles. The fourth-order valence-corrected chi connectivity index (χ4v) is 1.42. The minimum absolute atomic E-state index is 0.308. The zero-order valence-electron chi connectivity index (χ0n) is 8.30. The summed E-state index contributed by atoms with van der Waals surface area (Å²) in [4.78, 5) is 0. The SMILES string of the molecule is N#Cc1cc(Br)ccc1NCC(F)(F)CN. The third-order valence-corrected chi connectivity index (χ3v) is 2.43. The maximum Gasteiger partial charge on any atom is 0.276 e. The van der Waals surface area contributed by atoms with Crippen molar-refractivity contribution >= 4 is 21.6 Å². The Morgan fingerprint density at radius 1 is 1.50 bits per heavy atom. The van der Waals surface area contributed by atoms with Gasteiger partial charge in [-0.2, -0.15) is 5.26 Å². The van der Waals surface area contributed by atoms with Crippen LogP contribution in [0.1, 0.15) is 5.56 Å². The molecular weight excluding hydrogens is 280 g/mol. The number of alkyl halides is 2. The van der Waals surface area contributed by atoms with Crippen LogP contribution in [0, 0.1) is 11.3 Å². The lowest BCUT2D eigenvalue weighted by atomic mass is 10.2. The van der Waals surface area contributed by atoms with Crippen LogP contribution in [-0.4, -0.2) is 19.0 Å². The molecule has 0 amide bonds. The number of nitrogens with one attached hydrogen (secondary N) is 1. The molecule has 0 aliphatic carbocycles. The number of hydrogen-bond acceptors (Lipinski definition) is 3. The van der Waals surface area contributed by atoms with Crippen molar-refractivity contribution in [3.63, 3.8) is 0 Å². The molecule has 0 unspecified atom stereocenters. The molecule has 6 heteroatoms. The minimum Gasteiger partial charge on any atom is -0.378 e. The van der Waals surface area contributed by atoms with Crippen molar-refractivity contribution in [2.45, 2.75) is 5.92 Å². The van der Waals surface area contributed by atoms with E-state index in [1.165, 1.54) is 0 Å². The van der Waals surface area contributed by atoms with Crippen molar-refractivity contribution in [3.05, 3.63) is 28.2 Å². The molecule has 0 saturated carbocycles. The van der Waals surface area contributed by atoms with Gasteiger partial charge in [-0.15, -0.1) is 0 Å². The van der Waals surface area contributed by atoms with E-state index >= 15 is 0 Å². The van der Waals surface area contributed by atoms with Crippen molar-refractivity contribution in [3.8, 4) is 6.07 Å². The fourth-order valence-electron chi connectivity index (χ4n) is 1.06. The Bertz CT molecular complexity index is 415. The summed E-state index contributed by atoms with van der Waals surface area (Å²) in [6.07, 6.45) is 0. The van der Waals surface area contributed by atoms with Gasteiger partial charge in [-0.3, -0.25) is 0 Å². The van der Waals surface area contributed by atoms with E-state index in [1.807, 2.05) is 6.07 Å². The first-order chi connectivity index (χ1) is 7.48. The van der Waals surface area contributed by atoms with E-state index in [0.29, 0.717) is 11.3 Å². The van der Waals surface area contributed by atoms with Gasteiger partial charge in [-0.05, 0) is 18.2 Å². The highest BCUT2D eigenvalue weighted by molar-refractivity contribution is 9.10. The highest BCUT2D eigenvalue weighted by Crippen LogP contribution is 2.21. The summed E-state index contributed by atoms with van der Waals surface area (Å²) in [5.41, 5.74) is 5.58. The Hall–Kier alpha value is -1.19. The van der Waals surface area contributed by atoms with Crippen LogP contribution in [0.15, 0.2) is 22.7 Å². The Morgan fingerprint density at radius 3 is 2.75 bits per heavy atom.